The lowest BCUT2D eigenvalue weighted by molar-refractivity contribution is -0.180. The molecule has 0 aliphatic rings. The molecule has 0 bridgehead atoms. The summed E-state index contributed by atoms with van der Waals surface area (Å²) in [6.45, 7) is 0.454. The first-order valence-electron chi connectivity index (χ1n) is 3.64. The normalized spacial score (nSPS) is 10.1. The fourth-order valence-electron chi connectivity index (χ4n) is 0.925. The Hall–Kier alpha value is -1.07. The molecule has 0 N–H and O–H groups in total. The summed E-state index contributed by atoms with van der Waals surface area (Å²) in [6, 6.07) is 6.02. The van der Waals surface area contributed by atoms with Crippen molar-refractivity contribution in [2.24, 2.45) is 0 Å². The van der Waals surface area contributed by atoms with Crippen molar-refractivity contribution in [2.45, 2.75) is 6.54 Å². The summed E-state index contributed by atoms with van der Waals surface area (Å²) in [6.07, 6.45) is 0. The molecule has 0 unspecified atom stereocenters. The minimum Gasteiger partial charge on any atom is -0.207 e. The van der Waals surface area contributed by atoms with Gasteiger partial charge < -0.3 is 0 Å². The standard InChI is InChI=1S/C8H9FNO2S/c1-10(12-13-11)6-7-2-4-8(9)5-3-7/h2-5H,6H2,1H3/q+1. The van der Waals surface area contributed by atoms with Crippen molar-refractivity contribution >= 4 is 11.6 Å². The summed E-state index contributed by atoms with van der Waals surface area (Å²) in [5.74, 6) is -0.273. The fraction of sp³-hybridized carbons (Fsp3) is 0.250. The van der Waals surface area contributed by atoms with Crippen molar-refractivity contribution in [3.05, 3.63) is 35.6 Å². The van der Waals surface area contributed by atoms with E-state index < -0.39 is 0 Å². The minimum absolute atomic E-state index is 0.0340. The van der Waals surface area contributed by atoms with Crippen LogP contribution in [0.3, 0.4) is 0 Å². The van der Waals surface area contributed by atoms with Gasteiger partial charge in [0.15, 0.2) is 0 Å². The number of benzene rings is 1. The molecule has 0 atom stereocenters. The van der Waals surface area contributed by atoms with E-state index in [4.69, 9.17) is 0 Å². The lowest BCUT2D eigenvalue weighted by Crippen LogP contribution is -2.12. The third kappa shape index (κ3) is 3.43. The number of hydrogen-bond acceptors (Lipinski definition) is 1. The molecule has 0 radical (unpaired) electrons. The van der Waals surface area contributed by atoms with Gasteiger partial charge in [0.25, 0.3) is 0 Å². The molecule has 13 heavy (non-hydrogen) atoms. The van der Waals surface area contributed by atoms with Gasteiger partial charge >= 0.3 is 11.6 Å². The topological polar surface area (TPSA) is 31.6 Å². The number of hydroxylamine groups is 2. The Labute approximate surface area is 79.0 Å². The van der Waals surface area contributed by atoms with Gasteiger partial charge in [-0.05, 0) is 21.6 Å². The van der Waals surface area contributed by atoms with Crippen LogP contribution in [0.5, 0.6) is 0 Å². The quantitative estimate of drug-likeness (QED) is 0.546. The second-order valence-corrected chi connectivity index (χ2v) is 2.84. The van der Waals surface area contributed by atoms with Gasteiger partial charge in [0.2, 0.25) is 0 Å². The van der Waals surface area contributed by atoms with Crippen LogP contribution in [0.1, 0.15) is 5.56 Å². The van der Waals surface area contributed by atoms with Crippen LogP contribution in [0.15, 0.2) is 24.3 Å². The van der Waals surface area contributed by atoms with Gasteiger partial charge in [-0.1, -0.05) is 12.1 Å². The van der Waals surface area contributed by atoms with E-state index in [2.05, 4.69) is 3.94 Å². The van der Waals surface area contributed by atoms with Crippen molar-refractivity contribution < 1.29 is 12.5 Å². The summed E-state index contributed by atoms with van der Waals surface area (Å²) < 4.78 is 27.0. The maximum atomic E-state index is 12.5. The highest BCUT2D eigenvalue weighted by molar-refractivity contribution is 7.51. The van der Waals surface area contributed by atoms with Crippen LogP contribution < -0.4 is 0 Å². The Morgan fingerprint density at radius 3 is 2.62 bits per heavy atom. The highest BCUT2D eigenvalue weighted by atomic mass is 32.1. The van der Waals surface area contributed by atoms with Crippen molar-refractivity contribution in [1.82, 2.24) is 5.06 Å². The molecule has 0 aliphatic carbocycles. The van der Waals surface area contributed by atoms with Gasteiger partial charge in [-0.2, -0.15) is 0 Å². The highest BCUT2D eigenvalue weighted by Gasteiger charge is 2.07. The van der Waals surface area contributed by atoms with Gasteiger partial charge in [-0.25, -0.2) is 4.39 Å². The molecule has 0 heterocycles. The number of rotatable bonds is 3. The monoisotopic (exact) mass is 202 g/mol. The average Bonchev–Trinajstić information content (AvgIpc) is 2.09. The van der Waals surface area contributed by atoms with Crippen molar-refractivity contribution in [3.63, 3.8) is 0 Å². The molecule has 5 heteroatoms. The molecule has 0 amide bonds. The van der Waals surface area contributed by atoms with Crippen LogP contribution >= 0.6 is 0 Å². The molecule has 0 fully saturated rings. The Morgan fingerprint density at radius 2 is 2.08 bits per heavy atom. The molecule has 1 aromatic carbocycles. The third-order valence-electron chi connectivity index (χ3n) is 1.48. The van der Waals surface area contributed by atoms with E-state index in [1.54, 1.807) is 19.2 Å². The van der Waals surface area contributed by atoms with Gasteiger partial charge in [0.1, 0.15) is 12.4 Å². The van der Waals surface area contributed by atoms with E-state index in [0.717, 1.165) is 5.56 Å². The first-order valence-corrected chi connectivity index (χ1v) is 4.31. The molecular weight excluding hydrogens is 193 g/mol. The molecular formula is C8H9FNO2S+. The molecule has 0 saturated heterocycles. The summed E-state index contributed by atoms with van der Waals surface area (Å²) in [5.41, 5.74) is 0.887. The Kier molecular flexibility index (Phi) is 3.72. The summed E-state index contributed by atoms with van der Waals surface area (Å²) >= 11 is 0.0340. The first-order chi connectivity index (χ1) is 6.22. The molecule has 0 aromatic heterocycles. The summed E-state index contributed by atoms with van der Waals surface area (Å²) in [4.78, 5) is 0. The van der Waals surface area contributed by atoms with Crippen molar-refractivity contribution in [2.75, 3.05) is 7.05 Å². The van der Waals surface area contributed by atoms with Crippen LogP contribution in [-0.2, 0) is 22.1 Å². The molecule has 1 aromatic rings. The van der Waals surface area contributed by atoms with Crippen LogP contribution in [0.4, 0.5) is 4.39 Å². The second kappa shape index (κ2) is 4.84. The lowest BCUT2D eigenvalue weighted by atomic mass is 10.2. The molecule has 1 rings (SSSR count). The first kappa shape index (κ1) is 10.0. The van der Waals surface area contributed by atoms with Crippen molar-refractivity contribution in [3.8, 4) is 0 Å². The largest absolute Gasteiger partial charge is 0.603 e. The van der Waals surface area contributed by atoms with E-state index in [1.807, 2.05) is 0 Å². The third-order valence-corrected chi connectivity index (χ3v) is 1.79. The SMILES string of the molecule is CN(Cc1ccc(F)cc1)[O+]=S=O. The number of hydrogen-bond donors (Lipinski definition) is 0. The van der Waals surface area contributed by atoms with E-state index in [9.17, 15) is 8.60 Å². The fourth-order valence-corrected chi connectivity index (χ4v) is 1.08. The highest BCUT2D eigenvalue weighted by Crippen LogP contribution is 2.04. The van der Waals surface area contributed by atoms with Crippen LogP contribution in [0.2, 0.25) is 0 Å². The van der Waals surface area contributed by atoms with Crippen LogP contribution in [0, 0.1) is 5.82 Å². The van der Waals surface area contributed by atoms with Crippen molar-refractivity contribution in [1.29, 1.82) is 0 Å². The van der Waals surface area contributed by atoms with E-state index in [0.29, 0.717) is 6.54 Å². The Balaban J connectivity index is 2.64. The average molecular weight is 202 g/mol. The zero-order valence-electron chi connectivity index (χ0n) is 7.07. The predicted octanol–water partition coefficient (Wildman–Crippen LogP) is 1.27. The predicted molar refractivity (Wildman–Crippen MR) is 46.7 cm³/mol. The van der Waals surface area contributed by atoms with Crippen LogP contribution in [-0.4, -0.2) is 16.3 Å². The molecule has 70 valence electrons. The zero-order chi connectivity index (χ0) is 9.68. The molecule has 3 nitrogen and oxygen atoms in total. The number of halogens is 1. The van der Waals surface area contributed by atoms with Gasteiger partial charge in [-0.15, -0.1) is 4.21 Å². The van der Waals surface area contributed by atoms with Gasteiger partial charge in [0.05, 0.1) is 12.1 Å². The van der Waals surface area contributed by atoms with E-state index in [-0.39, 0.29) is 17.4 Å². The maximum Gasteiger partial charge on any atom is 0.603 e. The Morgan fingerprint density at radius 1 is 1.46 bits per heavy atom. The molecule has 0 saturated carbocycles. The summed E-state index contributed by atoms with van der Waals surface area (Å²) in [5, 5.41) is 1.38. The molecule has 0 aliphatic heterocycles. The van der Waals surface area contributed by atoms with Gasteiger partial charge in [-0.3, -0.25) is 0 Å². The van der Waals surface area contributed by atoms with E-state index >= 15 is 0 Å². The van der Waals surface area contributed by atoms with E-state index in [1.165, 1.54) is 17.2 Å². The Bertz CT molecular complexity index is 321. The lowest BCUT2D eigenvalue weighted by Gasteiger charge is -1.97. The minimum atomic E-state index is -0.273. The summed E-state index contributed by atoms with van der Waals surface area (Å²) in [7, 11) is 1.63. The second-order valence-electron chi connectivity index (χ2n) is 2.56. The smallest absolute Gasteiger partial charge is 0.207 e. The maximum absolute atomic E-state index is 12.5. The molecule has 0 spiro atoms. The van der Waals surface area contributed by atoms with Gasteiger partial charge in [0, 0.05) is 0 Å². The zero-order valence-corrected chi connectivity index (χ0v) is 7.88. The number of nitrogens with zero attached hydrogens (tertiary/aromatic N) is 1. The van der Waals surface area contributed by atoms with Crippen LogP contribution in [0.25, 0.3) is 0 Å².